The minimum atomic E-state index is -3.69. The molecule has 1 N–H and O–H groups in total. The highest BCUT2D eigenvalue weighted by Crippen LogP contribution is 2.61. The average molecular weight is 537 g/mol. The van der Waals surface area contributed by atoms with E-state index in [2.05, 4.69) is 12.2 Å². The molecule has 1 heterocycles. The molecule has 2 aromatic carbocycles. The van der Waals surface area contributed by atoms with Crippen molar-refractivity contribution < 1.29 is 22.7 Å². The molecule has 7 nitrogen and oxygen atoms in total. The maximum atomic E-state index is 13.2. The molecule has 1 aliphatic heterocycles. The van der Waals surface area contributed by atoms with Gasteiger partial charge in [-0.25, -0.2) is 13.2 Å². The Morgan fingerprint density at radius 3 is 2.21 bits per heavy atom. The summed E-state index contributed by atoms with van der Waals surface area (Å²) < 4.78 is 33.1. The average Bonchev–Trinajstić information content (AvgIpc) is 2.90. The van der Waals surface area contributed by atoms with Gasteiger partial charge in [-0.15, -0.1) is 0 Å². The number of sulfonamides is 1. The number of esters is 1. The number of nitrogens with one attached hydrogen (secondary N) is 1. The van der Waals surface area contributed by atoms with Crippen LogP contribution in [-0.2, 0) is 32.5 Å². The van der Waals surface area contributed by atoms with Crippen molar-refractivity contribution in [2.24, 2.45) is 23.2 Å². The number of benzene rings is 2. The number of ether oxygens (including phenoxy) is 1. The minimum absolute atomic E-state index is 0.0633. The van der Waals surface area contributed by atoms with Crippen molar-refractivity contribution in [2.45, 2.75) is 69.4 Å². The summed E-state index contributed by atoms with van der Waals surface area (Å²) in [6.07, 6.45) is 8.30. The largest absolute Gasteiger partial charge is 0.452 e. The van der Waals surface area contributed by atoms with Gasteiger partial charge in [0.1, 0.15) is 0 Å². The van der Waals surface area contributed by atoms with E-state index < -0.39 is 16.0 Å². The van der Waals surface area contributed by atoms with E-state index in [0.717, 1.165) is 23.3 Å². The molecule has 38 heavy (non-hydrogen) atoms. The quantitative estimate of drug-likeness (QED) is 0.533. The number of fused-ring (bicyclic) bond motifs is 1. The third-order valence-corrected chi connectivity index (χ3v) is 11.4. The van der Waals surface area contributed by atoms with Crippen molar-refractivity contribution in [3.8, 4) is 0 Å². The third-order valence-electron chi connectivity index (χ3n) is 9.54. The van der Waals surface area contributed by atoms with Gasteiger partial charge in [0.15, 0.2) is 6.61 Å². The zero-order valence-electron chi connectivity index (χ0n) is 21.9. The molecule has 0 saturated heterocycles. The van der Waals surface area contributed by atoms with Crippen molar-refractivity contribution in [1.29, 1.82) is 0 Å². The Kier molecular flexibility index (Phi) is 6.59. The number of amides is 1. The van der Waals surface area contributed by atoms with Gasteiger partial charge in [-0.1, -0.05) is 24.3 Å². The molecule has 4 bridgehead atoms. The molecule has 1 amide bonds. The second kappa shape index (κ2) is 9.79. The highest BCUT2D eigenvalue weighted by Gasteiger charge is 2.53. The molecule has 0 radical (unpaired) electrons. The Bertz CT molecular complexity index is 1300. The van der Waals surface area contributed by atoms with E-state index in [4.69, 9.17) is 4.74 Å². The SMILES string of the molecule is C[C@H](NC(=O)COC(=O)c1ccc(S(=O)(=O)N2CCc3ccccc3C2)cc1)C12CC3CC(CC(C3)C1)C2. The zero-order valence-corrected chi connectivity index (χ0v) is 22.7. The van der Waals surface area contributed by atoms with Crippen LogP contribution >= 0.6 is 0 Å². The lowest BCUT2D eigenvalue weighted by atomic mass is 9.48. The van der Waals surface area contributed by atoms with Gasteiger partial charge in [-0.3, -0.25) is 4.79 Å². The molecule has 4 fully saturated rings. The van der Waals surface area contributed by atoms with Crippen LogP contribution in [-0.4, -0.2) is 43.8 Å². The summed E-state index contributed by atoms with van der Waals surface area (Å²) in [4.78, 5) is 25.4. The van der Waals surface area contributed by atoms with Crippen LogP contribution in [0.25, 0.3) is 0 Å². The lowest BCUT2D eigenvalue weighted by Crippen LogP contribution is -2.56. The lowest BCUT2D eigenvalue weighted by molar-refractivity contribution is -0.128. The molecule has 0 aromatic heterocycles. The molecule has 0 unspecified atom stereocenters. The Labute approximate surface area is 225 Å². The normalized spacial score (nSPS) is 28.9. The Morgan fingerprint density at radius 2 is 1.58 bits per heavy atom. The van der Waals surface area contributed by atoms with Crippen LogP contribution in [0, 0.1) is 23.2 Å². The number of rotatable bonds is 7. The standard InChI is InChI=1S/C30H36N2O5S/c1-20(30-15-21-12-22(16-30)14-23(13-21)17-30)31-28(33)19-37-29(34)25-6-8-27(9-7-25)38(35,36)32-11-10-24-4-2-3-5-26(24)18-32/h2-9,20-23H,10-19H2,1H3,(H,31,33)/t20-,21?,22?,23?,30?/m0/s1. The predicted molar refractivity (Wildman–Crippen MR) is 143 cm³/mol. The molecule has 202 valence electrons. The van der Waals surface area contributed by atoms with E-state index in [-0.39, 0.29) is 34.4 Å². The first kappa shape index (κ1) is 25.6. The van der Waals surface area contributed by atoms with E-state index in [1.165, 1.54) is 72.7 Å². The molecular formula is C30H36N2O5S. The molecule has 5 aliphatic rings. The number of hydrogen-bond donors (Lipinski definition) is 1. The first-order valence-corrected chi connectivity index (χ1v) is 15.3. The van der Waals surface area contributed by atoms with E-state index in [1.807, 2.05) is 24.3 Å². The summed E-state index contributed by atoms with van der Waals surface area (Å²) in [6.45, 7) is 2.51. The van der Waals surface area contributed by atoms with Crippen molar-refractivity contribution in [3.05, 3.63) is 65.2 Å². The topological polar surface area (TPSA) is 92.8 Å². The molecule has 4 saturated carbocycles. The van der Waals surface area contributed by atoms with Gasteiger partial charge < -0.3 is 10.1 Å². The fraction of sp³-hybridized carbons (Fsp3) is 0.533. The predicted octanol–water partition coefficient (Wildman–Crippen LogP) is 4.31. The van der Waals surface area contributed by atoms with E-state index >= 15 is 0 Å². The van der Waals surface area contributed by atoms with Crippen LogP contribution in [0.2, 0.25) is 0 Å². The zero-order chi connectivity index (χ0) is 26.5. The summed E-state index contributed by atoms with van der Waals surface area (Å²) in [6, 6.07) is 13.7. The summed E-state index contributed by atoms with van der Waals surface area (Å²) in [7, 11) is -3.69. The fourth-order valence-corrected chi connectivity index (χ4v) is 9.36. The van der Waals surface area contributed by atoms with Gasteiger partial charge in [0.05, 0.1) is 10.5 Å². The molecule has 2 aromatic rings. The second-order valence-corrected chi connectivity index (χ2v) is 14.0. The molecule has 0 spiro atoms. The summed E-state index contributed by atoms with van der Waals surface area (Å²) in [5.74, 6) is 1.48. The van der Waals surface area contributed by atoms with Gasteiger partial charge in [0.25, 0.3) is 5.91 Å². The Hall–Kier alpha value is -2.71. The van der Waals surface area contributed by atoms with E-state index in [9.17, 15) is 18.0 Å². The van der Waals surface area contributed by atoms with Crippen LogP contribution in [0.5, 0.6) is 0 Å². The molecule has 8 heteroatoms. The van der Waals surface area contributed by atoms with Crippen molar-refractivity contribution >= 4 is 21.9 Å². The van der Waals surface area contributed by atoms with Crippen LogP contribution in [0.1, 0.15) is 66.9 Å². The summed E-state index contributed by atoms with van der Waals surface area (Å²) in [5.41, 5.74) is 2.59. The van der Waals surface area contributed by atoms with E-state index in [0.29, 0.717) is 19.5 Å². The van der Waals surface area contributed by atoms with E-state index in [1.54, 1.807) is 0 Å². The minimum Gasteiger partial charge on any atom is -0.452 e. The number of carbonyl (C=O) groups excluding carboxylic acids is 2. The number of hydrogen-bond acceptors (Lipinski definition) is 5. The highest BCUT2D eigenvalue weighted by atomic mass is 32.2. The first-order chi connectivity index (χ1) is 18.2. The van der Waals surface area contributed by atoms with Crippen LogP contribution in [0.3, 0.4) is 0 Å². The van der Waals surface area contributed by atoms with Crippen molar-refractivity contribution in [3.63, 3.8) is 0 Å². The van der Waals surface area contributed by atoms with Crippen molar-refractivity contribution in [2.75, 3.05) is 13.2 Å². The smallest absolute Gasteiger partial charge is 0.338 e. The monoisotopic (exact) mass is 536 g/mol. The number of nitrogens with zero attached hydrogens (tertiary/aromatic N) is 1. The Morgan fingerprint density at radius 1 is 0.974 bits per heavy atom. The van der Waals surface area contributed by atoms with Gasteiger partial charge in [0, 0.05) is 19.1 Å². The van der Waals surface area contributed by atoms with Gasteiger partial charge in [0.2, 0.25) is 10.0 Å². The number of carbonyl (C=O) groups is 2. The molecule has 4 aliphatic carbocycles. The fourth-order valence-electron chi connectivity index (χ4n) is 7.95. The summed E-state index contributed by atoms with van der Waals surface area (Å²) >= 11 is 0. The van der Waals surface area contributed by atoms with Crippen LogP contribution in [0.15, 0.2) is 53.4 Å². The van der Waals surface area contributed by atoms with Crippen LogP contribution in [0.4, 0.5) is 0 Å². The Balaban J connectivity index is 1.03. The first-order valence-electron chi connectivity index (χ1n) is 13.9. The van der Waals surface area contributed by atoms with Gasteiger partial charge >= 0.3 is 5.97 Å². The summed E-state index contributed by atoms with van der Waals surface area (Å²) in [5, 5.41) is 3.12. The maximum Gasteiger partial charge on any atom is 0.338 e. The highest BCUT2D eigenvalue weighted by molar-refractivity contribution is 7.89. The molecule has 1 atom stereocenters. The second-order valence-electron chi connectivity index (χ2n) is 12.0. The lowest BCUT2D eigenvalue weighted by Gasteiger charge is -2.59. The molecular weight excluding hydrogens is 500 g/mol. The van der Waals surface area contributed by atoms with Crippen molar-refractivity contribution in [1.82, 2.24) is 9.62 Å². The molecule has 7 rings (SSSR count). The third kappa shape index (κ3) is 4.77. The van der Waals surface area contributed by atoms with Gasteiger partial charge in [-0.2, -0.15) is 4.31 Å². The maximum absolute atomic E-state index is 13.2. The van der Waals surface area contributed by atoms with Crippen LogP contribution < -0.4 is 5.32 Å². The van der Waals surface area contributed by atoms with Gasteiger partial charge in [-0.05, 0) is 110 Å².